The van der Waals surface area contributed by atoms with Gasteiger partial charge in [-0.05, 0) is 6.54 Å². The molecule has 0 saturated heterocycles. The number of hydrogen-bond acceptors (Lipinski definition) is 1. The van der Waals surface area contributed by atoms with Crippen LogP contribution in [0.25, 0.3) is 0 Å². The van der Waals surface area contributed by atoms with Crippen molar-refractivity contribution in [2.75, 3.05) is 6.54 Å². The number of nitrogens with two attached hydrogens (primary N) is 1. The summed E-state index contributed by atoms with van der Waals surface area (Å²) in [5, 5.41) is 0. The minimum absolute atomic E-state index is 0.639. The van der Waals surface area contributed by atoms with E-state index in [1.807, 2.05) is 0 Å². The van der Waals surface area contributed by atoms with E-state index >= 15 is 0 Å². The summed E-state index contributed by atoms with van der Waals surface area (Å²) >= 11 is 0. The highest BCUT2D eigenvalue weighted by molar-refractivity contribution is 6.35. The monoisotopic (exact) mass is 98.1 g/mol. The third-order valence-corrected chi connectivity index (χ3v) is 1.30. The van der Waals surface area contributed by atoms with Crippen LogP contribution in [0.1, 0.15) is 13.3 Å². The Bertz CT molecular complexity index is 29.6. The molecule has 0 aliphatic rings. The summed E-state index contributed by atoms with van der Waals surface area (Å²) in [7, 11) is 2.15. The number of rotatable bonds is 3. The Kier molecular flexibility index (Phi) is 4.21. The molecule has 0 heterocycles. The Morgan fingerprint density at radius 2 is 2.29 bits per heavy atom. The minimum atomic E-state index is 0.639. The Morgan fingerprint density at radius 1 is 1.71 bits per heavy atom. The van der Waals surface area contributed by atoms with Crippen molar-refractivity contribution < 1.29 is 0 Å². The minimum Gasteiger partial charge on any atom is -0.331 e. The first-order valence-electron chi connectivity index (χ1n) is 2.84. The Labute approximate surface area is 46.5 Å². The van der Waals surface area contributed by atoms with Crippen molar-refractivity contribution in [3.05, 3.63) is 0 Å². The van der Waals surface area contributed by atoms with Crippen molar-refractivity contribution in [2.24, 2.45) is 5.73 Å². The molecule has 0 spiro atoms. The first-order valence-corrected chi connectivity index (χ1v) is 2.84. The lowest BCUT2D eigenvalue weighted by Crippen LogP contribution is -2.11. The molecule has 0 aliphatic carbocycles. The van der Waals surface area contributed by atoms with E-state index in [1.54, 1.807) is 0 Å². The summed E-state index contributed by atoms with van der Waals surface area (Å²) in [5.74, 6) is 0.639. The summed E-state index contributed by atoms with van der Waals surface area (Å²) in [6.07, 6.45) is 1.17. The molecule has 1 unspecified atom stereocenters. The molecular formula is C5H13BN. The van der Waals surface area contributed by atoms with Crippen molar-refractivity contribution >= 4 is 7.28 Å². The van der Waals surface area contributed by atoms with Gasteiger partial charge in [0, 0.05) is 0 Å². The van der Waals surface area contributed by atoms with Crippen LogP contribution < -0.4 is 5.73 Å². The second-order valence-electron chi connectivity index (χ2n) is 1.74. The van der Waals surface area contributed by atoms with Gasteiger partial charge in [0.1, 0.15) is 7.28 Å². The molecule has 0 rings (SSSR count). The summed E-state index contributed by atoms with van der Waals surface area (Å²) in [6, 6.07) is 0. The van der Waals surface area contributed by atoms with Crippen LogP contribution in [0.2, 0.25) is 12.6 Å². The largest absolute Gasteiger partial charge is 0.331 e. The van der Waals surface area contributed by atoms with Crippen molar-refractivity contribution in [2.45, 2.75) is 26.0 Å². The van der Waals surface area contributed by atoms with E-state index < -0.39 is 0 Å². The molecule has 1 atom stereocenters. The van der Waals surface area contributed by atoms with Gasteiger partial charge >= 0.3 is 0 Å². The van der Waals surface area contributed by atoms with E-state index in [4.69, 9.17) is 5.73 Å². The molecule has 0 aliphatic heterocycles. The van der Waals surface area contributed by atoms with Crippen LogP contribution in [0, 0.1) is 0 Å². The molecule has 41 valence electrons. The van der Waals surface area contributed by atoms with Gasteiger partial charge in [0.05, 0.1) is 0 Å². The summed E-state index contributed by atoms with van der Waals surface area (Å²) in [4.78, 5) is 0. The molecule has 0 fully saturated rings. The normalized spacial score (nSPS) is 13.6. The van der Waals surface area contributed by atoms with Crippen LogP contribution in [0.4, 0.5) is 0 Å². The van der Waals surface area contributed by atoms with E-state index in [0.717, 1.165) is 6.54 Å². The summed E-state index contributed by atoms with van der Waals surface area (Å²) < 4.78 is 0. The van der Waals surface area contributed by atoms with Gasteiger partial charge in [0.2, 0.25) is 0 Å². The van der Waals surface area contributed by atoms with Gasteiger partial charge in [0.25, 0.3) is 0 Å². The molecule has 0 aromatic carbocycles. The second-order valence-corrected chi connectivity index (χ2v) is 1.74. The van der Waals surface area contributed by atoms with E-state index in [9.17, 15) is 0 Å². The zero-order valence-electron chi connectivity index (χ0n) is 5.15. The predicted octanol–water partition coefficient (Wildman–Crippen LogP) is 0.896. The molecule has 0 aromatic heterocycles. The fraction of sp³-hybridized carbons (Fsp3) is 1.00. The molecule has 0 saturated carbocycles. The van der Waals surface area contributed by atoms with Crippen LogP contribution in [-0.4, -0.2) is 13.8 Å². The smallest absolute Gasteiger partial charge is 0.111 e. The van der Waals surface area contributed by atoms with Gasteiger partial charge in [-0.25, -0.2) is 0 Å². The van der Waals surface area contributed by atoms with Gasteiger partial charge < -0.3 is 5.73 Å². The zero-order chi connectivity index (χ0) is 5.70. The van der Waals surface area contributed by atoms with Crippen molar-refractivity contribution in [1.29, 1.82) is 0 Å². The standard InChI is InChI=1S/C5H13BN/c1-3-5(4-7)6-2/h5H,3-4,7H2,1-2H3. The van der Waals surface area contributed by atoms with Crippen LogP contribution in [0.15, 0.2) is 0 Å². The van der Waals surface area contributed by atoms with E-state index in [1.165, 1.54) is 6.42 Å². The van der Waals surface area contributed by atoms with Gasteiger partial charge in [0.15, 0.2) is 0 Å². The summed E-state index contributed by atoms with van der Waals surface area (Å²) in [6.45, 7) is 5.01. The van der Waals surface area contributed by atoms with Gasteiger partial charge in [-0.3, -0.25) is 0 Å². The molecule has 0 aromatic rings. The maximum Gasteiger partial charge on any atom is 0.111 e. The van der Waals surface area contributed by atoms with Gasteiger partial charge in [-0.2, -0.15) is 0 Å². The summed E-state index contributed by atoms with van der Waals surface area (Å²) in [5.41, 5.74) is 5.36. The topological polar surface area (TPSA) is 26.0 Å². The molecule has 7 heavy (non-hydrogen) atoms. The van der Waals surface area contributed by atoms with Crippen molar-refractivity contribution in [1.82, 2.24) is 0 Å². The quantitative estimate of drug-likeness (QED) is 0.521. The first kappa shape index (κ1) is 7.02. The second kappa shape index (κ2) is 4.19. The maximum absolute atomic E-state index is 5.36. The fourth-order valence-electron chi connectivity index (χ4n) is 0.538. The molecule has 1 radical (unpaired) electrons. The maximum atomic E-state index is 5.36. The van der Waals surface area contributed by atoms with E-state index in [2.05, 4.69) is 21.0 Å². The molecular weight excluding hydrogens is 84.9 g/mol. The lowest BCUT2D eigenvalue weighted by atomic mass is 9.66. The predicted molar refractivity (Wildman–Crippen MR) is 34.7 cm³/mol. The van der Waals surface area contributed by atoms with Gasteiger partial charge in [-0.1, -0.05) is 26.0 Å². The highest BCUT2D eigenvalue weighted by Gasteiger charge is 1.97. The lowest BCUT2D eigenvalue weighted by Gasteiger charge is -2.04. The van der Waals surface area contributed by atoms with Crippen LogP contribution >= 0.6 is 0 Å². The van der Waals surface area contributed by atoms with Gasteiger partial charge in [-0.15, -0.1) is 0 Å². The lowest BCUT2D eigenvalue weighted by molar-refractivity contribution is 0.795. The Morgan fingerprint density at radius 3 is 2.29 bits per heavy atom. The van der Waals surface area contributed by atoms with Crippen LogP contribution in [0.5, 0.6) is 0 Å². The average Bonchev–Trinajstić information content (AvgIpc) is 1.72. The first-order chi connectivity index (χ1) is 3.35. The van der Waals surface area contributed by atoms with Crippen LogP contribution in [0.3, 0.4) is 0 Å². The molecule has 2 heteroatoms. The third-order valence-electron chi connectivity index (χ3n) is 1.30. The molecule has 2 N–H and O–H groups in total. The molecule has 0 bridgehead atoms. The van der Waals surface area contributed by atoms with E-state index in [0.29, 0.717) is 5.82 Å². The Balaban J connectivity index is 2.99. The molecule has 1 nitrogen and oxygen atoms in total. The van der Waals surface area contributed by atoms with Crippen molar-refractivity contribution in [3.63, 3.8) is 0 Å². The Hall–Kier alpha value is 0.0249. The molecule has 0 amide bonds. The van der Waals surface area contributed by atoms with Crippen molar-refractivity contribution in [3.8, 4) is 0 Å². The highest BCUT2D eigenvalue weighted by Crippen LogP contribution is 2.03. The van der Waals surface area contributed by atoms with Crippen LogP contribution in [-0.2, 0) is 0 Å². The number of hydrogen-bond donors (Lipinski definition) is 1. The highest BCUT2D eigenvalue weighted by atomic mass is 14.5. The fourth-order valence-corrected chi connectivity index (χ4v) is 0.538. The SMILES string of the molecule is C[B]C(CC)CN. The van der Waals surface area contributed by atoms with E-state index in [-0.39, 0.29) is 0 Å². The zero-order valence-corrected chi connectivity index (χ0v) is 5.15. The average molecular weight is 98.0 g/mol. The third kappa shape index (κ3) is 2.69.